The first-order chi connectivity index (χ1) is 7.76. The summed E-state index contributed by atoms with van der Waals surface area (Å²) in [6.45, 7) is 4.82. The lowest BCUT2D eigenvalue weighted by Crippen LogP contribution is -2.43. The summed E-state index contributed by atoms with van der Waals surface area (Å²) in [6.07, 6.45) is -0.736. The molecule has 0 spiro atoms. The fourth-order valence-electron chi connectivity index (χ4n) is 2.23. The number of ether oxygens (including phenoxy) is 1. The van der Waals surface area contributed by atoms with Crippen LogP contribution in [0.25, 0.3) is 0 Å². The Morgan fingerprint density at radius 1 is 1.41 bits per heavy atom. The van der Waals surface area contributed by atoms with Crippen molar-refractivity contribution in [2.45, 2.75) is 33.4 Å². The molecule has 1 heterocycles. The molecule has 5 nitrogen and oxygen atoms in total. The molecule has 1 aliphatic heterocycles. The lowest BCUT2D eigenvalue weighted by molar-refractivity contribution is -0.127. The predicted molar refractivity (Wildman–Crippen MR) is 59.8 cm³/mol. The van der Waals surface area contributed by atoms with Gasteiger partial charge in [-0.05, 0) is 20.8 Å². The number of aliphatic hydroxyl groups excluding tert-OH is 1. The van der Waals surface area contributed by atoms with Crippen molar-refractivity contribution in [2.24, 2.45) is 11.1 Å². The lowest BCUT2D eigenvalue weighted by Gasteiger charge is -2.37. The van der Waals surface area contributed by atoms with Gasteiger partial charge in [-0.25, -0.2) is 0 Å². The molecule has 1 unspecified atom stereocenters. The molecule has 0 fully saturated rings. The maximum absolute atomic E-state index is 12.0. The summed E-state index contributed by atoms with van der Waals surface area (Å²) in [5, 5.41) is 9.89. The van der Waals surface area contributed by atoms with E-state index >= 15 is 0 Å². The van der Waals surface area contributed by atoms with Gasteiger partial charge < -0.3 is 9.84 Å². The highest BCUT2D eigenvalue weighted by atomic mass is 16.5. The molecule has 1 atom stereocenters. The summed E-state index contributed by atoms with van der Waals surface area (Å²) in [4.78, 5) is 23.9. The number of carbonyl (C=O) groups excluding carboxylic acids is 2. The second-order valence-electron chi connectivity index (χ2n) is 4.92. The molecule has 0 radical (unpaired) electrons. The number of ketones is 2. The van der Waals surface area contributed by atoms with E-state index in [0.717, 1.165) is 0 Å². The first kappa shape index (κ1) is 11.9. The number of aliphatic hydroxyl groups is 1. The van der Waals surface area contributed by atoms with Crippen LogP contribution in [0.15, 0.2) is 22.7 Å². The predicted octanol–water partition coefficient (Wildman–Crippen LogP) is 0.956. The van der Waals surface area contributed by atoms with Crippen LogP contribution in [0.3, 0.4) is 0 Å². The van der Waals surface area contributed by atoms with Crippen molar-refractivity contribution in [3.8, 4) is 0 Å². The normalized spacial score (nSPS) is 28.1. The third-order valence-electron chi connectivity index (χ3n) is 3.23. The van der Waals surface area contributed by atoms with Crippen LogP contribution in [-0.4, -0.2) is 22.9 Å². The van der Waals surface area contributed by atoms with Gasteiger partial charge in [0.2, 0.25) is 0 Å². The number of hydrogen-bond donors (Lipinski definition) is 2. The molecule has 92 valence electrons. The second-order valence-corrected chi connectivity index (χ2v) is 4.92. The van der Waals surface area contributed by atoms with Crippen molar-refractivity contribution in [3.63, 3.8) is 0 Å². The number of rotatable bonds is 0. The Labute approximate surface area is 98.9 Å². The Morgan fingerprint density at radius 2 is 2.00 bits per heavy atom. The quantitative estimate of drug-likeness (QED) is 0.654. The van der Waals surface area contributed by atoms with E-state index in [-0.39, 0.29) is 40.7 Å². The van der Waals surface area contributed by atoms with Crippen LogP contribution >= 0.6 is 0 Å². The zero-order valence-corrected chi connectivity index (χ0v) is 10.0. The van der Waals surface area contributed by atoms with Gasteiger partial charge in [-0.1, -0.05) is 0 Å². The lowest BCUT2D eigenvalue weighted by atomic mass is 9.74. The minimum atomic E-state index is -0.959. The van der Waals surface area contributed by atoms with Crippen LogP contribution in [0.4, 0.5) is 0 Å². The van der Waals surface area contributed by atoms with E-state index in [9.17, 15) is 14.7 Å². The zero-order chi connectivity index (χ0) is 13.0. The molecular weight excluding hydrogens is 222 g/mol. The van der Waals surface area contributed by atoms with Gasteiger partial charge in [0.05, 0.1) is 17.4 Å². The monoisotopic (exact) mass is 237 g/mol. The number of Topliss-reactive ketones (excluding diaryl/α,β-unsaturated/α-hetero) is 2. The Balaban J connectivity index is 2.69. The molecule has 0 bridgehead atoms. The Bertz CT molecular complexity index is 485. The highest BCUT2D eigenvalue weighted by molar-refractivity contribution is 6.10. The molecule has 0 aromatic carbocycles. The molecule has 0 aromatic heterocycles. The Morgan fingerprint density at radius 3 is 2.59 bits per heavy atom. The maximum atomic E-state index is 12.0. The van der Waals surface area contributed by atoms with Crippen LogP contribution in [0.2, 0.25) is 0 Å². The smallest absolute Gasteiger partial charge is 0.175 e. The van der Waals surface area contributed by atoms with E-state index in [2.05, 4.69) is 0 Å². The van der Waals surface area contributed by atoms with E-state index in [1.807, 2.05) is 0 Å². The maximum Gasteiger partial charge on any atom is 0.175 e. The SMILES string of the molecule is CC1=C(O)C2=C(OC(N)CC2=O)C(C)(C)C1=O. The van der Waals surface area contributed by atoms with Crippen molar-refractivity contribution in [1.82, 2.24) is 0 Å². The van der Waals surface area contributed by atoms with Gasteiger partial charge in [0, 0.05) is 5.57 Å². The molecule has 3 N–H and O–H groups in total. The van der Waals surface area contributed by atoms with Crippen molar-refractivity contribution < 1.29 is 19.4 Å². The summed E-state index contributed by atoms with van der Waals surface area (Å²) >= 11 is 0. The summed E-state index contributed by atoms with van der Waals surface area (Å²) in [5.41, 5.74) is 4.93. The van der Waals surface area contributed by atoms with E-state index < -0.39 is 11.6 Å². The minimum absolute atomic E-state index is 0.0143. The standard InChI is InChI=1S/C12H15NO4/c1-5-9(15)8-6(14)4-7(13)17-11(8)12(2,3)10(5)16/h7,15H,4,13H2,1-3H3. The minimum Gasteiger partial charge on any atom is -0.507 e. The van der Waals surface area contributed by atoms with Gasteiger partial charge in [-0.2, -0.15) is 0 Å². The van der Waals surface area contributed by atoms with Crippen molar-refractivity contribution in [1.29, 1.82) is 0 Å². The largest absolute Gasteiger partial charge is 0.507 e. The summed E-state index contributed by atoms with van der Waals surface area (Å²) in [6, 6.07) is 0. The third kappa shape index (κ3) is 1.50. The molecule has 0 saturated heterocycles. The van der Waals surface area contributed by atoms with Gasteiger partial charge in [0.15, 0.2) is 17.8 Å². The van der Waals surface area contributed by atoms with Gasteiger partial charge in [0.1, 0.15) is 11.5 Å². The summed E-state index contributed by atoms with van der Waals surface area (Å²) in [7, 11) is 0. The number of allylic oxidation sites excluding steroid dienone is 3. The fourth-order valence-corrected chi connectivity index (χ4v) is 2.23. The summed E-state index contributed by atoms with van der Waals surface area (Å²) in [5.74, 6) is -0.623. The van der Waals surface area contributed by atoms with Gasteiger partial charge >= 0.3 is 0 Å². The molecule has 2 aliphatic rings. The topological polar surface area (TPSA) is 89.6 Å². The second kappa shape index (κ2) is 3.43. The average molecular weight is 237 g/mol. The molecule has 0 saturated carbocycles. The molecule has 0 aromatic rings. The first-order valence-electron chi connectivity index (χ1n) is 5.42. The fraction of sp³-hybridized carbons (Fsp3) is 0.500. The van der Waals surface area contributed by atoms with Gasteiger partial charge in [0.25, 0.3) is 0 Å². The molecule has 5 heteroatoms. The van der Waals surface area contributed by atoms with E-state index in [0.29, 0.717) is 0 Å². The van der Waals surface area contributed by atoms with Crippen LogP contribution < -0.4 is 5.73 Å². The molecule has 1 aliphatic carbocycles. The highest BCUT2D eigenvalue weighted by Gasteiger charge is 2.47. The number of hydrogen-bond acceptors (Lipinski definition) is 5. The molecule has 0 amide bonds. The van der Waals surface area contributed by atoms with Crippen LogP contribution in [0.5, 0.6) is 0 Å². The summed E-state index contributed by atoms with van der Waals surface area (Å²) < 4.78 is 5.39. The molecule has 17 heavy (non-hydrogen) atoms. The van der Waals surface area contributed by atoms with E-state index in [4.69, 9.17) is 10.5 Å². The van der Waals surface area contributed by atoms with Crippen LogP contribution in [-0.2, 0) is 14.3 Å². The first-order valence-corrected chi connectivity index (χ1v) is 5.42. The molecule has 2 rings (SSSR count). The van der Waals surface area contributed by atoms with E-state index in [1.54, 1.807) is 13.8 Å². The number of carbonyl (C=O) groups is 2. The van der Waals surface area contributed by atoms with Crippen LogP contribution in [0, 0.1) is 5.41 Å². The third-order valence-corrected chi connectivity index (χ3v) is 3.23. The van der Waals surface area contributed by atoms with Gasteiger partial charge in [-0.3, -0.25) is 15.3 Å². The molecular formula is C12H15NO4. The highest BCUT2D eigenvalue weighted by Crippen LogP contribution is 2.43. The Hall–Kier alpha value is -1.62. The van der Waals surface area contributed by atoms with Crippen molar-refractivity contribution >= 4 is 11.6 Å². The van der Waals surface area contributed by atoms with Crippen molar-refractivity contribution in [2.75, 3.05) is 0 Å². The number of nitrogens with two attached hydrogens (primary N) is 1. The Kier molecular flexibility index (Phi) is 2.39. The average Bonchev–Trinajstić information content (AvgIpc) is 2.23. The van der Waals surface area contributed by atoms with Gasteiger partial charge in [-0.15, -0.1) is 0 Å². The van der Waals surface area contributed by atoms with Crippen LogP contribution in [0.1, 0.15) is 27.2 Å². The van der Waals surface area contributed by atoms with Crippen molar-refractivity contribution in [3.05, 3.63) is 22.7 Å². The zero-order valence-electron chi connectivity index (χ0n) is 10.0. The van der Waals surface area contributed by atoms with E-state index in [1.165, 1.54) is 6.92 Å².